The molecule has 23 heavy (non-hydrogen) atoms. The Morgan fingerprint density at radius 3 is 2.74 bits per heavy atom. The third-order valence-corrected chi connectivity index (χ3v) is 3.17. The molecule has 0 atom stereocenters. The maximum atomic E-state index is 12.6. The zero-order valence-electron chi connectivity index (χ0n) is 12.6. The first kappa shape index (κ1) is 17.0. The molecule has 5 nitrogen and oxygen atoms in total. The largest absolute Gasteiger partial charge is 0.408 e. The van der Waals surface area contributed by atoms with E-state index < -0.39 is 18.6 Å². The van der Waals surface area contributed by atoms with Crippen LogP contribution in [0.25, 0.3) is 0 Å². The monoisotopic (exact) mass is 326 g/mol. The van der Waals surface area contributed by atoms with Crippen LogP contribution in [0.5, 0.6) is 0 Å². The highest BCUT2D eigenvalue weighted by Gasteiger charge is 2.30. The Kier molecular flexibility index (Phi) is 5.36. The van der Waals surface area contributed by atoms with Gasteiger partial charge in [-0.05, 0) is 18.6 Å². The summed E-state index contributed by atoms with van der Waals surface area (Å²) in [6.45, 7) is 0.839. The smallest absolute Gasteiger partial charge is 0.346 e. The van der Waals surface area contributed by atoms with Gasteiger partial charge in [0.1, 0.15) is 6.54 Å². The van der Waals surface area contributed by atoms with Crippen molar-refractivity contribution >= 4 is 5.91 Å². The molecule has 0 radical (unpaired) electrons. The second kappa shape index (κ2) is 7.26. The third-order valence-electron chi connectivity index (χ3n) is 3.17. The predicted molar refractivity (Wildman–Crippen MR) is 77.7 cm³/mol. The highest BCUT2D eigenvalue weighted by molar-refractivity contribution is 5.95. The number of pyridine rings is 1. The standard InChI is InChI=1S/C15H17F3N4O/c1-2-5-13-12(9-21-22(13)10-15(16,17)18)14(23)20-8-11-6-3-4-7-19-11/h3-4,6-7,9H,2,5,8,10H2,1H3,(H,20,23). The van der Waals surface area contributed by atoms with Crippen molar-refractivity contribution in [3.05, 3.63) is 47.5 Å². The van der Waals surface area contributed by atoms with Crippen LogP contribution in [0, 0.1) is 0 Å². The van der Waals surface area contributed by atoms with Gasteiger partial charge in [0, 0.05) is 6.20 Å². The molecule has 0 unspecified atom stereocenters. The quantitative estimate of drug-likeness (QED) is 0.888. The van der Waals surface area contributed by atoms with Crippen LogP contribution in [-0.2, 0) is 19.5 Å². The first-order chi connectivity index (χ1) is 10.9. The molecule has 0 spiro atoms. The lowest BCUT2D eigenvalue weighted by atomic mass is 10.1. The van der Waals surface area contributed by atoms with E-state index in [1.807, 2.05) is 6.92 Å². The molecular weight excluding hydrogens is 309 g/mol. The minimum atomic E-state index is -4.38. The zero-order chi connectivity index (χ0) is 16.9. The van der Waals surface area contributed by atoms with Gasteiger partial charge in [-0.2, -0.15) is 18.3 Å². The molecule has 0 aliphatic carbocycles. The number of nitrogens with zero attached hydrogens (tertiary/aromatic N) is 3. The number of alkyl halides is 3. The molecular formula is C15H17F3N4O. The number of rotatable bonds is 6. The first-order valence-corrected chi connectivity index (χ1v) is 7.20. The fourth-order valence-electron chi connectivity index (χ4n) is 2.18. The molecule has 2 rings (SSSR count). The van der Waals surface area contributed by atoms with E-state index in [2.05, 4.69) is 15.4 Å². The highest BCUT2D eigenvalue weighted by atomic mass is 19.4. The minimum absolute atomic E-state index is 0.173. The van der Waals surface area contributed by atoms with Gasteiger partial charge in [-0.1, -0.05) is 19.4 Å². The zero-order valence-corrected chi connectivity index (χ0v) is 12.6. The number of carbonyl (C=O) groups is 1. The van der Waals surface area contributed by atoms with Crippen LogP contribution >= 0.6 is 0 Å². The van der Waals surface area contributed by atoms with Crippen molar-refractivity contribution in [1.82, 2.24) is 20.1 Å². The molecule has 8 heteroatoms. The molecule has 0 aromatic carbocycles. The lowest BCUT2D eigenvalue weighted by molar-refractivity contribution is -0.143. The van der Waals surface area contributed by atoms with Gasteiger partial charge in [0.15, 0.2) is 0 Å². The summed E-state index contributed by atoms with van der Waals surface area (Å²) < 4.78 is 38.6. The summed E-state index contributed by atoms with van der Waals surface area (Å²) in [5.41, 5.74) is 1.14. The maximum Gasteiger partial charge on any atom is 0.408 e. The SMILES string of the molecule is CCCc1c(C(=O)NCc2ccccn2)cnn1CC(F)(F)F. The maximum absolute atomic E-state index is 12.6. The van der Waals surface area contributed by atoms with Gasteiger partial charge in [-0.3, -0.25) is 14.5 Å². The number of aromatic nitrogens is 3. The van der Waals surface area contributed by atoms with Crippen LogP contribution in [0.4, 0.5) is 13.2 Å². The summed E-state index contributed by atoms with van der Waals surface area (Å²) in [6.07, 6.45) is -0.626. The van der Waals surface area contributed by atoms with Crippen molar-refractivity contribution < 1.29 is 18.0 Å². The van der Waals surface area contributed by atoms with Crippen LogP contribution < -0.4 is 5.32 Å². The third kappa shape index (κ3) is 4.80. The topological polar surface area (TPSA) is 59.8 Å². The van der Waals surface area contributed by atoms with E-state index in [0.29, 0.717) is 24.2 Å². The Morgan fingerprint density at radius 2 is 2.13 bits per heavy atom. The van der Waals surface area contributed by atoms with Crippen molar-refractivity contribution in [2.24, 2.45) is 0 Å². The second-order valence-electron chi connectivity index (χ2n) is 5.03. The van der Waals surface area contributed by atoms with Crippen LogP contribution in [0.1, 0.15) is 35.1 Å². The average Bonchev–Trinajstić information content (AvgIpc) is 2.87. The predicted octanol–water partition coefficient (Wildman–Crippen LogP) is 2.72. The number of hydrogen-bond donors (Lipinski definition) is 1. The van der Waals surface area contributed by atoms with E-state index in [0.717, 1.165) is 4.68 Å². The number of hydrogen-bond acceptors (Lipinski definition) is 3. The van der Waals surface area contributed by atoms with E-state index in [4.69, 9.17) is 0 Å². The van der Waals surface area contributed by atoms with Crippen molar-refractivity contribution in [2.45, 2.75) is 39.0 Å². The summed E-state index contributed by atoms with van der Waals surface area (Å²) in [4.78, 5) is 16.3. The molecule has 0 saturated heterocycles. The van der Waals surface area contributed by atoms with Crippen molar-refractivity contribution in [2.75, 3.05) is 0 Å². The van der Waals surface area contributed by atoms with Crippen LogP contribution in [0.3, 0.4) is 0 Å². The van der Waals surface area contributed by atoms with Gasteiger partial charge in [-0.15, -0.1) is 0 Å². The first-order valence-electron chi connectivity index (χ1n) is 7.20. The van der Waals surface area contributed by atoms with Gasteiger partial charge < -0.3 is 5.32 Å². The fourth-order valence-corrected chi connectivity index (χ4v) is 2.18. The molecule has 0 aliphatic heterocycles. The van der Waals surface area contributed by atoms with Gasteiger partial charge >= 0.3 is 6.18 Å². The van der Waals surface area contributed by atoms with E-state index in [-0.39, 0.29) is 12.1 Å². The Bertz CT molecular complexity index is 652. The summed E-state index contributed by atoms with van der Waals surface area (Å²) in [6, 6.07) is 5.30. The molecule has 0 fully saturated rings. The van der Waals surface area contributed by atoms with Gasteiger partial charge in [0.2, 0.25) is 0 Å². The summed E-state index contributed by atoms with van der Waals surface area (Å²) >= 11 is 0. The molecule has 1 amide bonds. The normalized spacial score (nSPS) is 11.5. The summed E-state index contributed by atoms with van der Waals surface area (Å²) in [5, 5.41) is 6.37. The van der Waals surface area contributed by atoms with Gasteiger partial charge in [0.05, 0.1) is 29.7 Å². The molecule has 0 aliphatic rings. The highest BCUT2D eigenvalue weighted by Crippen LogP contribution is 2.20. The molecule has 2 aromatic heterocycles. The number of carbonyl (C=O) groups excluding carboxylic acids is 1. The van der Waals surface area contributed by atoms with Gasteiger partial charge in [0.25, 0.3) is 5.91 Å². The Morgan fingerprint density at radius 1 is 1.35 bits per heavy atom. The van der Waals surface area contributed by atoms with Crippen molar-refractivity contribution in [3.8, 4) is 0 Å². The Hall–Kier alpha value is -2.38. The molecule has 0 saturated carbocycles. The molecule has 1 N–H and O–H groups in total. The van der Waals surface area contributed by atoms with Crippen LogP contribution in [0.2, 0.25) is 0 Å². The lowest BCUT2D eigenvalue weighted by Crippen LogP contribution is -2.25. The van der Waals surface area contributed by atoms with E-state index in [1.54, 1.807) is 24.4 Å². The molecule has 0 bridgehead atoms. The van der Waals surface area contributed by atoms with Crippen LogP contribution in [0.15, 0.2) is 30.6 Å². The molecule has 2 heterocycles. The average molecular weight is 326 g/mol. The van der Waals surface area contributed by atoms with Crippen molar-refractivity contribution in [1.29, 1.82) is 0 Å². The van der Waals surface area contributed by atoms with E-state index in [1.165, 1.54) is 6.20 Å². The van der Waals surface area contributed by atoms with E-state index >= 15 is 0 Å². The fraction of sp³-hybridized carbons (Fsp3) is 0.400. The molecule has 124 valence electrons. The lowest BCUT2D eigenvalue weighted by Gasteiger charge is -2.11. The summed E-state index contributed by atoms with van der Waals surface area (Å²) in [7, 11) is 0. The van der Waals surface area contributed by atoms with E-state index in [9.17, 15) is 18.0 Å². The number of halogens is 3. The van der Waals surface area contributed by atoms with Crippen molar-refractivity contribution in [3.63, 3.8) is 0 Å². The Balaban J connectivity index is 2.13. The number of amides is 1. The van der Waals surface area contributed by atoms with Gasteiger partial charge in [-0.25, -0.2) is 0 Å². The molecule has 2 aromatic rings. The number of nitrogens with one attached hydrogen (secondary N) is 1. The van der Waals surface area contributed by atoms with Crippen LogP contribution in [-0.4, -0.2) is 26.8 Å². The Labute approximate surface area is 131 Å². The summed E-state index contributed by atoms with van der Waals surface area (Å²) in [5.74, 6) is -0.451. The minimum Gasteiger partial charge on any atom is -0.346 e. The second-order valence-corrected chi connectivity index (χ2v) is 5.03.